The second-order valence-corrected chi connectivity index (χ2v) is 3.18. The number of rotatable bonds is 4. The third kappa shape index (κ3) is 3.61. The highest BCUT2D eigenvalue weighted by molar-refractivity contribution is 5.88. The molecule has 0 aromatic carbocycles. The van der Waals surface area contributed by atoms with Gasteiger partial charge in [-0.3, -0.25) is 4.79 Å². The molecule has 0 saturated heterocycles. The highest BCUT2D eigenvalue weighted by Crippen LogP contribution is 2.06. The minimum atomic E-state index is -0.401. The third-order valence-corrected chi connectivity index (χ3v) is 1.89. The Morgan fingerprint density at radius 3 is 2.94 bits per heavy atom. The van der Waals surface area contributed by atoms with Gasteiger partial charge >= 0.3 is 5.97 Å². The van der Waals surface area contributed by atoms with Crippen LogP contribution >= 0.6 is 0 Å². The highest BCUT2D eigenvalue weighted by atomic mass is 16.5. The van der Waals surface area contributed by atoms with Gasteiger partial charge in [-0.15, -0.1) is 0 Å². The largest absolute Gasteiger partial charge is 0.464 e. The highest BCUT2D eigenvalue weighted by Gasteiger charge is 2.06. The van der Waals surface area contributed by atoms with Gasteiger partial charge in [0, 0.05) is 19.7 Å². The molecule has 1 amide bonds. The van der Waals surface area contributed by atoms with Crippen molar-refractivity contribution in [2.45, 2.75) is 6.92 Å². The summed E-state index contributed by atoms with van der Waals surface area (Å²) in [5.41, 5.74) is 1.26. The van der Waals surface area contributed by atoms with E-state index in [2.05, 4.69) is 15.0 Å². The van der Waals surface area contributed by atoms with E-state index in [1.165, 1.54) is 14.0 Å². The fourth-order valence-corrected chi connectivity index (χ4v) is 1.13. The number of carbonyl (C=O) groups excluding carboxylic acids is 2. The van der Waals surface area contributed by atoms with Gasteiger partial charge < -0.3 is 15.0 Å². The summed E-state index contributed by atoms with van der Waals surface area (Å²) in [6, 6.07) is 1.68. The summed E-state index contributed by atoms with van der Waals surface area (Å²) in [4.78, 5) is 24.5. The molecule has 1 aromatic rings. The molecule has 0 bridgehead atoms. The first kappa shape index (κ1) is 12.0. The molecular formula is C11H14N2O3. The van der Waals surface area contributed by atoms with Gasteiger partial charge in [-0.05, 0) is 11.6 Å². The Kier molecular flexibility index (Phi) is 4.32. The molecule has 0 radical (unpaired) electrons. The number of aromatic amines is 1. The van der Waals surface area contributed by atoms with E-state index in [9.17, 15) is 9.59 Å². The van der Waals surface area contributed by atoms with E-state index in [-0.39, 0.29) is 5.91 Å². The molecule has 2 N–H and O–H groups in total. The predicted molar refractivity (Wildman–Crippen MR) is 59.8 cm³/mol. The average Bonchev–Trinajstić information content (AvgIpc) is 2.71. The van der Waals surface area contributed by atoms with Crippen LogP contribution in [0, 0.1) is 0 Å². The van der Waals surface area contributed by atoms with Crippen molar-refractivity contribution in [3.63, 3.8) is 0 Å². The Morgan fingerprint density at radius 1 is 1.56 bits per heavy atom. The second kappa shape index (κ2) is 5.75. The van der Waals surface area contributed by atoms with Gasteiger partial charge in [0.2, 0.25) is 5.91 Å². The van der Waals surface area contributed by atoms with Crippen molar-refractivity contribution in [3.05, 3.63) is 29.6 Å². The van der Waals surface area contributed by atoms with Crippen LogP contribution in [-0.2, 0) is 9.53 Å². The Labute approximate surface area is 93.5 Å². The fraction of sp³-hybridized carbons (Fsp3) is 0.273. The number of methoxy groups -OCH3 is 1. The zero-order valence-electron chi connectivity index (χ0n) is 9.24. The van der Waals surface area contributed by atoms with Crippen LogP contribution in [0.2, 0.25) is 0 Å². The average molecular weight is 222 g/mol. The summed E-state index contributed by atoms with van der Waals surface area (Å²) < 4.78 is 4.56. The number of aromatic nitrogens is 1. The van der Waals surface area contributed by atoms with Gasteiger partial charge in [-0.1, -0.05) is 12.2 Å². The molecule has 0 aliphatic carbocycles. The Hall–Kier alpha value is -2.04. The molecule has 0 spiro atoms. The van der Waals surface area contributed by atoms with Gasteiger partial charge in [0.1, 0.15) is 5.69 Å². The summed E-state index contributed by atoms with van der Waals surface area (Å²) in [5, 5.41) is 2.63. The van der Waals surface area contributed by atoms with E-state index >= 15 is 0 Å². The van der Waals surface area contributed by atoms with E-state index in [1.54, 1.807) is 24.4 Å². The zero-order valence-corrected chi connectivity index (χ0v) is 9.24. The Bertz CT molecular complexity index is 407. The van der Waals surface area contributed by atoms with E-state index in [0.717, 1.165) is 5.56 Å². The Morgan fingerprint density at radius 2 is 2.31 bits per heavy atom. The van der Waals surface area contributed by atoms with E-state index < -0.39 is 5.97 Å². The lowest BCUT2D eigenvalue weighted by molar-refractivity contribution is -0.118. The molecule has 0 fully saturated rings. The maximum atomic E-state index is 11.1. The second-order valence-electron chi connectivity index (χ2n) is 3.18. The Balaban J connectivity index is 2.52. The first-order valence-corrected chi connectivity index (χ1v) is 4.81. The van der Waals surface area contributed by atoms with Crippen molar-refractivity contribution in [1.29, 1.82) is 0 Å². The van der Waals surface area contributed by atoms with Crippen molar-refractivity contribution in [2.24, 2.45) is 0 Å². The third-order valence-electron chi connectivity index (χ3n) is 1.89. The number of hydrogen-bond acceptors (Lipinski definition) is 3. The molecular weight excluding hydrogens is 208 g/mol. The molecule has 0 unspecified atom stereocenters. The quantitative estimate of drug-likeness (QED) is 0.745. The van der Waals surface area contributed by atoms with Gasteiger partial charge in [0.05, 0.1) is 7.11 Å². The standard InChI is InChI=1S/C11H14N2O3/c1-8(14)12-5-3-4-9-6-10(13-7-9)11(15)16-2/h3-4,6-7,13H,5H2,1-2H3,(H,12,14). The summed E-state index contributed by atoms with van der Waals surface area (Å²) in [6.45, 7) is 1.92. The molecule has 1 rings (SSSR count). The lowest BCUT2D eigenvalue weighted by Crippen LogP contribution is -2.19. The number of amides is 1. The van der Waals surface area contributed by atoms with Crippen molar-refractivity contribution < 1.29 is 14.3 Å². The van der Waals surface area contributed by atoms with Crippen LogP contribution < -0.4 is 5.32 Å². The topological polar surface area (TPSA) is 71.2 Å². The van der Waals surface area contributed by atoms with Crippen LogP contribution in [-0.4, -0.2) is 30.5 Å². The van der Waals surface area contributed by atoms with Crippen LogP contribution in [0.5, 0.6) is 0 Å². The summed E-state index contributed by atoms with van der Waals surface area (Å²) in [5.74, 6) is -0.476. The minimum Gasteiger partial charge on any atom is -0.464 e. The van der Waals surface area contributed by atoms with E-state index in [4.69, 9.17) is 0 Å². The van der Waals surface area contributed by atoms with E-state index in [1.807, 2.05) is 0 Å². The molecule has 0 atom stereocenters. The molecule has 1 aromatic heterocycles. The number of esters is 1. The van der Waals surface area contributed by atoms with Crippen molar-refractivity contribution in [1.82, 2.24) is 10.3 Å². The first-order chi connectivity index (χ1) is 7.63. The SMILES string of the molecule is COC(=O)c1cc(C=CCNC(C)=O)c[nH]1. The van der Waals surface area contributed by atoms with Crippen LogP contribution in [0.1, 0.15) is 23.0 Å². The maximum Gasteiger partial charge on any atom is 0.354 e. The number of nitrogens with one attached hydrogen (secondary N) is 2. The monoisotopic (exact) mass is 222 g/mol. The molecule has 5 nitrogen and oxygen atoms in total. The number of H-pyrrole nitrogens is 1. The zero-order chi connectivity index (χ0) is 12.0. The lowest BCUT2D eigenvalue weighted by Gasteiger charge is -1.93. The molecule has 5 heteroatoms. The summed E-state index contributed by atoms with van der Waals surface area (Å²) in [6.07, 6.45) is 5.29. The first-order valence-electron chi connectivity index (χ1n) is 4.81. The van der Waals surface area contributed by atoms with Crippen LogP contribution in [0.3, 0.4) is 0 Å². The number of hydrogen-bond donors (Lipinski definition) is 2. The maximum absolute atomic E-state index is 11.1. The number of carbonyl (C=O) groups is 2. The van der Waals surface area contributed by atoms with Gasteiger partial charge in [-0.25, -0.2) is 4.79 Å². The van der Waals surface area contributed by atoms with Gasteiger partial charge in [0.15, 0.2) is 0 Å². The molecule has 16 heavy (non-hydrogen) atoms. The van der Waals surface area contributed by atoms with Crippen molar-refractivity contribution >= 4 is 18.0 Å². The molecule has 0 aliphatic heterocycles. The number of ether oxygens (including phenoxy) is 1. The normalized spacial score (nSPS) is 10.4. The summed E-state index contributed by atoms with van der Waals surface area (Å²) >= 11 is 0. The minimum absolute atomic E-state index is 0.0750. The van der Waals surface area contributed by atoms with Crippen LogP contribution in [0.15, 0.2) is 18.3 Å². The predicted octanol–water partition coefficient (Wildman–Crippen LogP) is 0.951. The molecule has 86 valence electrons. The lowest BCUT2D eigenvalue weighted by atomic mass is 10.3. The van der Waals surface area contributed by atoms with Crippen molar-refractivity contribution in [3.8, 4) is 0 Å². The van der Waals surface area contributed by atoms with Crippen LogP contribution in [0.4, 0.5) is 0 Å². The smallest absolute Gasteiger partial charge is 0.354 e. The molecule has 0 saturated carbocycles. The summed E-state index contributed by atoms with van der Waals surface area (Å²) in [7, 11) is 1.33. The van der Waals surface area contributed by atoms with Gasteiger partial charge in [0.25, 0.3) is 0 Å². The molecule has 1 heterocycles. The van der Waals surface area contributed by atoms with Crippen LogP contribution in [0.25, 0.3) is 6.08 Å². The molecule has 0 aliphatic rings. The van der Waals surface area contributed by atoms with Gasteiger partial charge in [-0.2, -0.15) is 0 Å². The van der Waals surface area contributed by atoms with Crippen molar-refractivity contribution in [2.75, 3.05) is 13.7 Å². The van der Waals surface area contributed by atoms with E-state index in [0.29, 0.717) is 12.2 Å². The fourth-order valence-electron chi connectivity index (χ4n) is 1.13.